The Labute approximate surface area is 81.3 Å². The Balaban J connectivity index is 2.88. The zero-order chi connectivity index (χ0) is 10.9. The Hall–Kier alpha value is -0.910. The van der Waals surface area contributed by atoms with Gasteiger partial charge in [0.15, 0.2) is 0 Å². The van der Waals surface area contributed by atoms with Crippen LogP contribution < -0.4 is 0 Å². The second kappa shape index (κ2) is 4.08. The minimum Gasteiger partial charge on any atom is -0.481 e. The number of allylic oxidation sites excluding steroid dienone is 1. The molecule has 0 saturated heterocycles. The minimum atomic E-state index is -1.45. The van der Waals surface area contributed by atoms with E-state index >= 15 is 0 Å². The first-order chi connectivity index (χ1) is 6.49. The van der Waals surface area contributed by atoms with Gasteiger partial charge in [-0.05, 0) is 12.3 Å². The van der Waals surface area contributed by atoms with Gasteiger partial charge in [0, 0.05) is 0 Å². The van der Waals surface area contributed by atoms with Crippen LogP contribution in [0.2, 0.25) is 0 Å². The van der Waals surface area contributed by atoms with E-state index in [0.717, 1.165) is 0 Å². The van der Waals surface area contributed by atoms with Crippen LogP contribution in [0.4, 0.5) is 0 Å². The van der Waals surface area contributed by atoms with E-state index in [4.69, 9.17) is 5.11 Å². The number of hydrogen-bond acceptors (Lipinski definition) is 4. The fourth-order valence-electron chi connectivity index (χ4n) is 1.83. The van der Waals surface area contributed by atoms with Gasteiger partial charge in [-0.3, -0.25) is 4.79 Å². The van der Waals surface area contributed by atoms with Crippen molar-refractivity contribution in [1.29, 1.82) is 0 Å². The number of rotatable bonds is 2. The molecule has 1 aliphatic rings. The van der Waals surface area contributed by atoms with E-state index in [1.54, 1.807) is 0 Å². The van der Waals surface area contributed by atoms with Crippen molar-refractivity contribution in [3.05, 3.63) is 12.7 Å². The van der Waals surface area contributed by atoms with Crippen molar-refractivity contribution in [2.75, 3.05) is 0 Å². The van der Waals surface area contributed by atoms with E-state index in [2.05, 4.69) is 6.58 Å². The first-order valence-electron chi connectivity index (χ1n) is 4.38. The first kappa shape index (κ1) is 11.2. The number of aliphatic carboxylic acids is 1. The molecule has 80 valence electrons. The topological polar surface area (TPSA) is 98.0 Å². The summed E-state index contributed by atoms with van der Waals surface area (Å²) in [5.41, 5.74) is 0. The summed E-state index contributed by atoms with van der Waals surface area (Å²) in [6.07, 6.45) is -2.44. The zero-order valence-corrected chi connectivity index (χ0v) is 7.58. The highest BCUT2D eigenvalue weighted by Gasteiger charge is 2.45. The lowest BCUT2D eigenvalue weighted by molar-refractivity contribution is -0.165. The van der Waals surface area contributed by atoms with Crippen LogP contribution in [0.25, 0.3) is 0 Å². The molecule has 1 saturated carbocycles. The average Bonchev–Trinajstić information content (AvgIpc) is 2.12. The van der Waals surface area contributed by atoms with Gasteiger partial charge in [-0.2, -0.15) is 0 Å². The highest BCUT2D eigenvalue weighted by atomic mass is 16.4. The summed E-state index contributed by atoms with van der Waals surface area (Å²) in [6.45, 7) is 3.44. The molecule has 0 aliphatic heterocycles. The Morgan fingerprint density at radius 2 is 1.86 bits per heavy atom. The van der Waals surface area contributed by atoms with Crippen LogP contribution >= 0.6 is 0 Å². The number of carboxylic acids is 1. The minimum absolute atomic E-state index is 0.110. The molecule has 5 heteroatoms. The lowest BCUT2D eigenvalue weighted by atomic mass is 9.74. The summed E-state index contributed by atoms with van der Waals surface area (Å²) < 4.78 is 0. The van der Waals surface area contributed by atoms with Crippen LogP contribution in [-0.2, 0) is 4.79 Å². The molecule has 0 heterocycles. The monoisotopic (exact) mass is 202 g/mol. The van der Waals surface area contributed by atoms with E-state index < -0.39 is 36.1 Å². The maximum Gasteiger partial charge on any atom is 0.309 e. The Bertz CT molecular complexity index is 239. The number of hydrogen-bond donors (Lipinski definition) is 4. The van der Waals surface area contributed by atoms with Gasteiger partial charge in [-0.15, -0.1) is 6.58 Å². The van der Waals surface area contributed by atoms with E-state index in [0.29, 0.717) is 0 Å². The van der Waals surface area contributed by atoms with Gasteiger partial charge in [0.1, 0.15) is 6.10 Å². The normalized spacial score (nSPS) is 43.2. The molecule has 5 atom stereocenters. The van der Waals surface area contributed by atoms with Crippen molar-refractivity contribution in [2.45, 2.75) is 24.7 Å². The van der Waals surface area contributed by atoms with Gasteiger partial charge in [-0.1, -0.05) is 6.08 Å². The molecule has 5 nitrogen and oxygen atoms in total. The van der Waals surface area contributed by atoms with Crippen LogP contribution in [0.5, 0.6) is 0 Å². The predicted molar refractivity (Wildman–Crippen MR) is 47.5 cm³/mol. The van der Waals surface area contributed by atoms with Gasteiger partial charge in [0.2, 0.25) is 0 Å². The summed E-state index contributed by atoms with van der Waals surface area (Å²) >= 11 is 0. The summed E-state index contributed by atoms with van der Waals surface area (Å²) in [6, 6.07) is 0. The maximum absolute atomic E-state index is 10.8. The summed E-state index contributed by atoms with van der Waals surface area (Å²) in [4.78, 5) is 10.8. The molecule has 1 fully saturated rings. The van der Waals surface area contributed by atoms with Crippen molar-refractivity contribution < 1.29 is 25.2 Å². The van der Waals surface area contributed by atoms with Crippen molar-refractivity contribution >= 4 is 5.97 Å². The van der Waals surface area contributed by atoms with Crippen LogP contribution in [-0.4, -0.2) is 44.7 Å². The molecule has 1 rings (SSSR count). The molecular weight excluding hydrogens is 188 g/mol. The number of aliphatic hydroxyl groups is 3. The molecule has 0 aromatic heterocycles. The van der Waals surface area contributed by atoms with Gasteiger partial charge in [0.05, 0.1) is 18.1 Å². The highest BCUT2D eigenvalue weighted by molar-refractivity contribution is 5.71. The molecule has 0 radical (unpaired) electrons. The smallest absolute Gasteiger partial charge is 0.309 e. The van der Waals surface area contributed by atoms with Crippen molar-refractivity contribution in [3.63, 3.8) is 0 Å². The molecule has 0 spiro atoms. The van der Waals surface area contributed by atoms with E-state index in [-0.39, 0.29) is 6.42 Å². The molecule has 14 heavy (non-hydrogen) atoms. The molecule has 1 aliphatic carbocycles. The number of carbonyl (C=O) groups is 1. The Morgan fingerprint density at radius 3 is 2.29 bits per heavy atom. The first-order valence-corrected chi connectivity index (χ1v) is 4.38. The second-order valence-electron chi connectivity index (χ2n) is 3.55. The molecule has 0 bridgehead atoms. The molecule has 0 aromatic carbocycles. The van der Waals surface area contributed by atoms with Crippen LogP contribution in [0.3, 0.4) is 0 Å². The van der Waals surface area contributed by atoms with E-state index in [9.17, 15) is 20.1 Å². The molecular formula is C9H14O5. The standard InChI is InChI=1S/C9H14O5/c1-2-4-3-5(10)7(11)8(12)6(4)9(13)14/h2,4-8,10-12H,1,3H2,(H,13,14). The lowest BCUT2D eigenvalue weighted by Crippen LogP contribution is -2.52. The van der Waals surface area contributed by atoms with Crippen LogP contribution in [0, 0.1) is 11.8 Å². The molecule has 0 amide bonds. The summed E-state index contributed by atoms with van der Waals surface area (Å²) in [7, 11) is 0. The molecule has 0 aromatic rings. The van der Waals surface area contributed by atoms with Crippen molar-refractivity contribution in [3.8, 4) is 0 Å². The van der Waals surface area contributed by atoms with Crippen LogP contribution in [0.1, 0.15) is 6.42 Å². The zero-order valence-electron chi connectivity index (χ0n) is 7.58. The Morgan fingerprint density at radius 1 is 1.29 bits per heavy atom. The highest BCUT2D eigenvalue weighted by Crippen LogP contribution is 2.31. The van der Waals surface area contributed by atoms with E-state index in [1.807, 2.05) is 0 Å². The largest absolute Gasteiger partial charge is 0.481 e. The predicted octanol–water partition coefficient (Wildman–Crippen LogP) is -1.02. The van der Waals surface area contributed by atoms with Gasteiger partial charge >= 0.3 is 5.97 Å². The fourth-order valence-corrected chi connectivity index (χ4v) is 1.83. The summed E-state index contributed by atoms with van der Waals surface area (Å²) in [5, 5.41) is 36.8. The van der Waals surface area contributed by atoms with Gasteiger partial charge in [0.25, 0.3) is 0 Å². The SMILES string of the molecule is C=CC1CC(O)C(O)C(O)C1C(=O)O. The molecule has 5 unspecified atom stereocenters. The average molecular weight is 202 g/mol. The third-order valence-corrected chi connectivity index (χ3v) is 2.67. The third kappa shape index (κ3) is 1.79. The van der Waals surface area contributed by atoms with Gasteiger partial charge in [-0.25, -0.2) is 0 Å². The van der Waals surface area contributed by atoms with E-state index in [1.165, 1.54) is 6.08 Å². The lowest BCUT2D eigenvalue weighted by Gasteiger charge is -2.37. The number of aliphatic hydroxyl groups excluding tert-OH is 3. The fraction of sp³-hybridized carbons (Fsp3) is 0.667. The quantitative estimate of drug-likeness (QED) is 0.429. The van der Waals surface area contributed by atoms with Gasteiger partial charge < -0.3 is 20.4 Å². The maximum atomic E-state index is 10.8. The van der Waals surface area contributed by atoms with Crippen molar-refractivity contribution in [1.82, 2.24) is 0 Å². The van der Waals surface area contributed by atoms with Crippen LogP contribution in [0.15, 0.2) is 12.7 Å². The third-order valence-electron chi connectivity index (χ3n) is 2.67. The van der Waals surface area contributed by atoms with Crippen molar-refractivity contribution in [2.24, 2.45) is 11.8 Å². The second-order valence-corrected chi connectivity index (χ2v) is 3.55. The Kier molecular flexibility index (Phi) is 3.25. The number of carboxylic acid groups (broad SMARTS) is 1. The summed E-state index contributed by atoms with van der Waals surface area (Å²) in [5.74, 6) is -2.79. The molecule has 4 N–H and O–H groups in total.